The molecule has 0 aliphatic carbocycles. The van der Waals surface area contributed by atoms with Crippen LogP contribution in [0.15, 0.2) is 0 Å². The summed E-state index contributed by atoms with van der Waals surface area (Å²) in [5.41, 5.74) is 0. The summed E-state index contributed by atoms with van der Waals surface area (Å²) >= 11 is 0. The fourth-order valence-electron chi connectivity index (χ4n) is 0.962. The third-order valence-electron chi connectivity index (χ3n) is 1.52. The van der Waals surface area contributed by atoms with Gasteiger partial charge in [0.1, 0.15) is 0 Å². The van der Waals surface area contributed by atoms with Gasteiger partial charge in [0.2, 0.25) is 0 Å². The van der Waals surface area contributed by atoms with Gasteiger partial charge in [0.15, 0.2) is 12.4 Å². The number of methoxy groups -OCH3 is 1. The largest absolute Gasteiger partial charge is 0.479 e. The molecule has 1 saturated heterocycles. The highest BCUT2D eigenvalue weighted by Gasteiger charge is 2.29. The number of rotatable bonds is 2. The van der Waals surface area contributed by atoms with E-state index < -0.39 is 12.1 Å². The molecule has 1 heterocycles. The van der Waals surface area contributed by atoms with Crippen LogP contribution >= 0.6 is 0 Å². The van der Waals surface area contributed by atoms with Crippen molar-refractivity contribution in [2.45, 2.75) is 25.2 Å². The van der Waals surface area contributed by atoms with Crippen LogP contribution < -0.4 is 0 Å². The third kappa shape index (κ3) is 1.46. The molecule has 0 bridgehead atoms. The van der Waals surface area contributed by atoms with E-state index in [9.17, 15) is 4.79 Å². The minimum absolute atomic E-state index is 0.318. The van der Waals surface area contributed by atoms with Gasteiger partial charge in [0.25, 0.3) is 0 Å². The van der Waals surface area contributed by atoms with Gasteiger partial charge in [-0.05, 0) is 6.42 Å². The van der Waals surface area contributed by atoms with Crippen molar-refractivity contribution in [3.05, 3.63) is 0 Å². The Labute approximate surface area is 58.7 Å². The van der Waals surface area contributed by atoms with E-state index in [2.05, 4.69) is 0 Å². The first-order valence-electron chi connectivity index (χ1n) is 3.15. The first-order valence-corrected chi connectivity index (χ1v) is 3.15. The molecule has 1 fully saturated rings. The van der Waals surface area contributed by atoms with Gasteiger partial charge < -0.3 is 14.6 Å². The van der Waals surface area contributed by atoms with Crippen molar-refractivity contribution < 1.29 is 19.4 Å². The lowest BCUT2D eigenvalue weighted by Crippen LogP contribution is -2.20. The summed E-state index contributed by atoms with van der Waals surface area (Å²) < 4.78 is 9.76. The average Bonchev–Trinajstić information content (AvgIpc) is 2.34. The lowest BCUT2D eigenvalue weighted by molar-refractivity contribution is -0.163. The second-order valence-corrected chi connectivity index (χ2v) is 2.21. The lowest BCUT2D eigenvalue weighted by Gasteiger charge is -2.07. The van der Waals surface area contributed by atoms with Crippen LogP contribution in [-0.4, -0.2) is 30.6 Å². The number of hydrogen-bond donors (Lipinski definition) is 1. The molecule has 1 unspecified atom stereocenters. The number of hydrogen-bond acceptors (Lipinski definition) is 3. The lowest BCUT2D eigenvalue weighted by atomic mass is 10.2. The highest BCUT2D eigenvalue weighted by atomic mass is 16.7. The van der Waals surface area contributed by atoms with Gasteiger partial charge in [-0.3, -0.25) is 0 Å². The summed E-state index contributed by atoms with van der Waals surface area (Å²) in [6.07, 6.45) is 0.243. The summed E-state index contributed by atoms with van der Waals surface area (Å²) in [6.45, 7) is 0. The van der Waals surface area contributed by atoms with Gasteiger partial charge >= 0.3 is 5.97 Å². The molecule has 0 aromatic heterocycles. The van der Waals surface area contributed by atoms with E-state index in [4.69, 9.17) is 14.6 Å². The zero-order valence-electron chi connectivity index (χ0n) is 5.74. The Morgan fingerprint density at radius 2 is 2.40 bits per heavy atom. The quantitative estimate of drug-likeness (QED) is 0.605. The second-order valence-electron chi connectivity index (χ2n) is 2.21. The molecule has 1 aliphatic heterocycles. The number of ether oxygens (including phenoxy) is 2. The van der Waals surface area contributed by atoms with Crippen molar-refractivity contribution in [1.82, 2.24) is 0 Å². The molecule has 0 radical (unpaired) electrons. The van der Waals surface area contributed by atoms with Crippen molar-refractivity contribution in [3.8, 4) is 0 Å². The standard InChI is InChI=1S/C6H10O4/c1-9-5-3-2-4(10-5)6(7)8/h4-5H,2-3H2,1H3,(H,7,8)/t4-,5?/m1/s1. The zero-order valence-corrected chi connectivity index (χ0v) is 5.74. The van der Waals surface area contributed by atoms with Gasteiger partial charge in [0.05, 0.1) is 0 Å². The van der Waals surface area contributed by atoms with E-state index in [1.807, 2.05) is 0 Å². The second kappa shape index (κ2) is 2.98. The van der Waals surface area contributed by atoms with Crippen LogP contribution in [-0.2, 0) is 14.3 Å². The molecule has 10 heavy (non-hydrogen) atoms. The fraction of sp³-hybridized carbons (Fsp3) is 0.833. The molecular weight excluding hydrogens is 136 g/mol. The van der Waals surface area contributed by atoms with E-state index in [1.54, 1.807) is 0 Å². The van der Waals surface area contributed by atoms with E-state index in [-0.39, 0.29) is 6.29 Å². The summed E-state index contributed by atoms with van der Waals surface area (Å²) in [4.78, 5) is 10.3. The summed E-state index contributed by atoms with van der Waals surface area (Å²) in [6, 6.07) is 0. The third-order valence-corrected chi connectivity index (χ3v) is 1.52. The monoisotopic (exact) mass is 146 g/mol. The maximum Gasteiger partial charge on any atom is 0.332 e. The molecule has 0 spiro atoms. The Kier molecular flexibility index (Phi) is 2.24. The van der Waals surface area contributed by atoms with Crippen LogP contribution in [0.4, 0.5) is 0 Å². The molecular formula is C6H10O4. The summed E-state index contributed by atoms with van der Waals surface area (Å²) in [7, 11) is 1.51. The van der Waals surface area contributed by atoms with Gasteiger partial charge in [0, 0.05) is 13.5 Å². The number of carbonyl (C=O) groups is 1. The van der Waals surface area contributed by atoms with E-state index in [1.165, 1.54) is 7.11 Å². The molecule has 4 heteroatoms. The van der Waals surface area contributed by atoms with Crippen LogP contribution in [0.25, 0.3) is 0 Å². The first kappa shape index (κ1) is 7.50. The number of aliphatic carboxylic acids is 1. The maximum absolute atomic E-state index is 10.3. The van der Waals surface area contributed by atoms with Gasteiger partial charge in [-0.15, -0.1) is 0 Å². The van der Waals surface area contributed by atoms with Crippen molar-refractivity contribution in [2.75, 3.05) is 7.11 Å². The van der Waals surface area contributed by atoms with Gasteiger partial charge in [-0.25, -0.2) is 4.79 Å². The van der Waals surface area contributed by atoms with Crippen molar-refractivity contribution in [3.63, 3.8) is 0 Å². The normalized spacial score (nSPS) is 32.5. The van der Waals surface area contributed by atoms with Crippen LogP contribution in [0, 0.1) is 0 Å². The van der Waals surface area contributed by atoms with Crippen LogP contribution in [0.5, 0.6) is 0 Å². The fourth-order valence-corrected chi connectivity index (χ4v) is 0.962. The Hall–Kier alpha value is -0.610. The molecule has 1 N–H and O–H groups in total. The molecule has 58 valence electrons. The summed E-state index contributed by atoms with van der Waals surface area (Å²) in [5, 5.41) is 8.45. The minimum Gasteiger partial charge on any atom is -0.479 e. The Morgan fingerprint density at radius 1 is 1.70 bits per heavy atom. The molecule has 0 saturated carbocycles. The van der Waals surface area contributed by atoms with Crippen molar-refractivity contribution >= 4 is 5.97 Å². The van der Waals surface area contributed by atoms with Crippen molar-refractivity contribution in [2.24, 2.45) is 0 Å². The van der Waals surface area contributed by atoms with Crippen LogP contribution in [0.1, 0.15) is 12.8 Å². The first-order chi connectivity index (χ1) is 4.74. The van der Waals surface area contributed by atoms with E-state index in [0.717, 1.165) is 0 Å². The zero-order chi connectivity index (χ0) is 7.56. The molecule has 0 amide bonds. The molecule has 1 aliphatic rings. The Balaban J connectivity index is 2.35. The van der Waals surface area contributed by atoms with E-state index in [0.29, 0.717) is 12.8 Å². The predicted octanol–water partition coefficient (Wildman–Crippen LogP) is 0.222. The van der Waals surface area contributed by atoms with Crippen molar-refractivity contribution in [1.29, 1.82) is 0 Å². The molecule has 2 atom stereocenters. The van der Waals surface area contributed by atoms with Crippen LogP contribution in [0.2, 0.25) is 0 Å². The number of carboxylic acid groups (broad SMARTS) is 1. The highest BCUT2D eigenvalue weighted by molar-refractivity contribution is 5.72. The highest BCUT2D eigenvalue weighted by Crippen LogP contribution is 2.19. The average molecular weight is 146 g/mol. The smallest absolute Gasteiger partial charge is 0.332 e. The molecule has 4 nitrogen and oxygen atoms in total. The number of carboxylic acids is 1. The topological polar surface area (TPSA) is 55.8 Å². The maximum atomic E-state index is 10.3. The minimum atomic E-state index is -0.903. The SMILES string of the molecule is COC1CC[C@H](C(=O)O)O1. The van der Waals surface area contributed by atoms with Gasteiger partial charge in [-0.1, -0.05) is 0 Å². The molecule has 1 rings (SSSR count). The molecule has 0 aromatic rings. The summed E-state index contributed by atoms with van der Waals surface area (Å²) in [5.74, 6) is -0.903. The van der Waals surface area contributed by atoms with Gasteiger partial charge in [-0.2, -0.15) is 0 Å². The van der Waals surface area contributed by atoms with E-state index >= 15 is 0 Å². The Bertz CT molecular complexity index is 134. The van der Waals surface area contributed by atoms with Crippen LogP contribution in [0.3, 0.4) is 0 Å². The molecule has 0 aromatic carbocycles. The Morgan fingerprint density at radius 3 is 2.70 bits per heavy atom. The predicted molar refractivity (Wildman–Crippen MR) is 32.5 cm³/mol.